The van der Waals surface area contributed by atoms with Gasteiger partial charge in [-0.05, 0) is 47.6 Å². The Labute approximate surface area is 150 Å². The summed E-state index contributed by atoms with van der Waals surface area (Å²) >= 11 is 0. The second-order valence-corrected chi connectivity index (χ2v) is 7.56. The predicted octanol–water partition coefficient (Wildman–Crippen LogP) is 3.11. The van der Waals surface area contributed by atoms with Gasteiger partial charge >= 0.3 is 0 Å². The summed E-state index contributed by atoms with van der Waals surface area (Å²) in [6, 6.07) is 8.37. The van der Waals surface area contributed by atoms with Crippen molar-refractivity contribution < 1.29 is 24.9 Å². The van der Waals surface area contributed by atoms with E-state index in [0.717, 1.165) is 5.56 Å². The summed E-state index contributed by atoms with van der Waals surface area (Å²) < 4.78 is 5.65. The number of methoxy groups -OCH3 is 1. The zero-order valence-electron chi connectivity index (χ0n) is 14.4. The van der Waals surface area contributed by atoms with Crippen molar-refractivity contribution >= 4 is 5.78 Å². The fourth-order valence-electron chi connectivity index (χ4n) is 5.53. The first-order valence-corrected chi connectivity index (χ1v) is 8.95. The van der Waals surface area contributed by atoms with Gasteiger partial charge in [-0.2, -0.15) is 0 Å². The number of benzene rings is 2. The van der Waals surface area contributed by atoms with Crippen molar-refractivity contribution in [1.29, 1.82) is 0 Å². The fraction of sp³-hybridized carbons (Fsp3) is 0.381. The van der Waals surface area contributed by atoms with Crippen LogP contribution in [0.4, 0.5) is 0 Å². The minimum Gasteiger partial charge on any atom is -0.508 e. The number of phenols is 2. The molecule has 0 bridgehead atoms. The maximum Gasteiger partial charge on any atom is 0.166 e. The van der Waals surface area contributed by atoms with Crippen molar-refractivity contribution in [3.63, 3.8) is 0 Å². The SMILES string of the molecule is COC1CC2C3CCC(=O)c4c(O)ccc(c43)C2(O)c2cccc(O)c21. The van der Waals surface area contributed by atoms with Crippen molar-refractivity contribution in [2.24, 2.45) is 5.92 Å². The molecule has 0 spiro atoms. The summed E-state index contributed by atoms with van der Waals surface area (Å²) in [5, 5.41) is 32.6. The molecule has 5 heteroatoms. The van der Waals surface area contributed by atoms with E-state index < -0.39 is 5.60 Å². The molecule has 26 heavy (non-hydrogen) atoms. The number of aromatic hydroxyl groups is 2. The van der Waals surface area contributed by atoms with E-state index >= 15 is 0 Å². The second-order valence-electron chi connectivity index (χ2n) is 7.56. The lowest BCUT2D eigenvalue weighted by Crippen LogP contribution is -2.40. The van der Waals surface area contributed by atoms with Crippen LogP contribution in [0, 0.1) is 5.92 Å². The van der Waals surface area contributed by atoms with Crippen LogP contribution in [0.3, 0.4) is 0 Å². The molecular weight excluding hydrogens is 332 g/mol. The van der Waals surface area contributed by atoms with Crippen molar-refractivity contribution in [2.45, 2.75) is 36.9 Å². The van der Waals surface area contributed by atoms with Crippen LogP contribution in [0.15, 0.2) is 30.3 Å². The molecule has 5 nitrogen and oxygen atoms in total. The van der Waals surface area contributed by atoms with E-state index in [0.29, 0.717) is 41.5 Å². The number of carbonyl (C=O) groups is 1. The van der Waals surface area contributed by atoms with Gasteiger partial charge in [-0.3, -0.25) is 4.79 Å². The van der Waals surface area contributed by atoms with Gasteiger partial charge in [-0.15, -0.1) is 0 Å². The van der Waals surface area contributed by atoms with Crippen molar-refractivity contribution in [2.75, 3.05) is 7.11 Å². The Morgan fingerprint density at radius 3 is 2.62 bits per heavy atom. The van der Waals surface area contributed by atoms with E-state index in [1.165, 1.54) is 6.07 Å². The number of rotatable bonds is 1. The number of aliphatic hydroxyl groups is 1. The van der Waals surface area contributed by atoms with E-state index in [2.05, 4.69) is 0 Å². The summed E-state index contributed by atoms with van der Waals surface area (Å²) in [6.45, 7) is 0. The van der Waals surface area contributed by atoms with E-state index in [1.807, 2.05) is 6.07 Å². The molecule has 4 atom stereocenters. The molecule has 0 saturated heterocycles. The van der Waals surface area contributed by atoms with E-state index in [4.69, 9.17) is 4.74 Å². The van der Waals surface area contributed by atoms with E-state index in [1.54, 1.807) is 25.3 Å². The molecule has 0 amide bonds. The molecule has 0 aromatic heterocycles. The molecule has 3 N–H and O–H groups in total. The lowest BCUT2D eigenvalue weighted by atomic mass is 9.67. The molecule has 0 saturated carbocycles. The topological polar surface area (TPSA) is 87.0 Å². The highest BCUT2D eigenvalue weighted by atomic mass is 16.5. The second kappa shape index (κ2) is 5.09. The molecule has 0 radical (unpaired) electrons. The van der Waals surface area contributed by atoms with Crippen LogP contribution >= 0.6 is 0 Å². The van der Waals surface area contributed by atoms with E-state index in [9.17, 15) is 20.1 Å². The molecule has 3 aliphatic rings. The zero-order valence-corrected chi connectivity index (χ0v) is 14.4. The van der Waals surface area contributed by atoms with Crippen molar-refractivity contribution in [3.8, 4) is 11.5 Å². The molecule has 2 aromatic carbocycles. The Hall–Kier alpha value is -2.37. The lowest BCUT2D eigenvalue weighted by Gasteiger charge is -2.42. The van der Waals surface area contributed by atoms with Gasteiger partial charge in [0.1, 0.15) is 17.1 Å². The van der Waals surface area contributed by atoms with Gasteiger partial charge in [0.05, 0.1) is 11.7 Å². The van der Waals surface area contributed by atoms with E-state index in [-0.39, 0.29) is 35.2 Å². The normalized spacial score (nSPS) is 31.3. The Morgan fingerprint density at radius 2 is 1.85 bits per heavy atom. The summed E-state index contributed by atoms with van der Waals surface area (Å²) in [6.07, 6.45) is 1.25. The highest BCUT2D eigenvalue weighted by molar-refractivity contribution is 6.02. The minimum atomic E-state index is -1.30. The first kappa shape index (κ1) is 15.9. The molecule has 0 fully saturated rings. The molecule has 134 valence electrons. The molecule has 4 unspecified atom stereocenters. The maximum absolute atomic E-state index is 12.5. The van der Waals surface area contributed by atoms with Gasteiger partial charge in [0.25, 0.3) is 0 Å². The number of ether oxygens (including phenoxy) is 1. The van der Waals surface area contributed by atoms with Crippen molar-refractivity contribution in [1.82, 2.24) is 0 Å². The number of hydrogen-bond donors (Lipinski definition) is 3. The van der Waals surface area contributed by atoms with Crippen LogP contribution in [-0.2, 0) is 10.3 Å². The predicted molar refractivity (Wildman–Crippen MR) is 93.4 cm³/mol. The largest absolute Gasteiger partial charge is 0.508 e. The molecular formula is C21H20O5. The van der Waals surface area contributed by atoms with Crippen LogP contribution in [0.5, 0.6) is 11.5 Å². The van der Waals surface area contributed by atoms with Crippen LogP contribution in [0.1, 0.15) is 63.9 Å². The average Bonchev–Trinajstić information content (AvgIpc) is 2.88. The van der Waals surface area contributed by atoms with Gasteiger partial charge < -0.3 is 20.1 Å². The molecule has 3 aliphatic carbocycles. The third-order valence-electron chi connectivity index (χ3n) is 6.56. The smallest absolute Gasteiger partial charge is 0.166 e. The maximum atomic E-state index is 12.5. The van der Waals surface area contributed by atoms with Gasteiger partial charge in [0, 0.05) is 25.0 Å². The molecule has 0 aliphatic heterocycles. The Kier molecular flexibility index (Phi) is 3.10. The number of fused-ring (bicyclic) bond motifs is 5. The quantitative estimate of drug-likeness (QED) is 0.734. The monoisotopic (exact) mass is 352 g/mol. The standard InChI is InChI=1S/C21H20O5/c1-26-17-9-13-10-5-7-15(23)20-16(24)8-6-12(18(10)20)21(13,25)11-3-2-4-14(22)19(11)17/h2-4,6,8,10,13,17,22,24-25H,5,7,9H2,1H3. The summed E-state index contributed by atoms with van der Waals surface area (Å²) in [5.74, 6) is -0.151. The highest BCUT2D eigenvalue weighted by Gasteiger charge is 2.58. The van der Waals surface area contributed by atoms with Crippen LogP contribution in [0.25, 0.3) is 0 Å². The van der Waals surface area contributed by atoms with Crippen LogP contribution in [0.2, 0.25) is 0 Å². The summed E-state index contributed by atoms with van der Waals surface area (Å²) in [5.41, 5.74) is 1.76. The van der Waals surface area contributed by atoms with Crippen LogP contribution in [-0.4, -0.2) is 28.2 Å². The zero-order chi connectivity index (χ0) is 18.2. The number of phenolic OH excluding ortho intramolecular Hbond substituents is 2. The fourth-order valence-corrected chi connectivity index (χ4v) is 5.53. The number of carbonyl (C=O) groups excluding carboxylic acids is 1. The Bertz CT molecular complexity index is 950. The molecule has 0 heterocycles. The number of hydrogen-bond acceptors (Lipinski definition) is 5. The third kappa shape index (κ3) is 1.70. The minimum absolute atomic E-state index is 0.0112. The first-order valence-electron chi connectivity index (χ1n) is 8.95. The highest BCUT2D eigenvalue weighted by Crippen LogP contribution is 2.64. The van der Waals surface area contributed by atoms with Gasteiger partial charge in [0.15, 0.2) is 5.78 Å². The van der Waals surface area contributed by atoms with Gasteiger partial charge in [0.2, 0.25) is 0 Å². The van der Waals surface area contributed by atoms with Crippen LogP contribution < -0.4 is 0 Å². The third-order valence-corrected chi connectivity index (χ3v) is 6.56. The summed E-state index contributed by atoms with van der Waals surface area (Å²) in [7, 11) is 1.61. The lowest BCUT2D eigenvalue weighted by molar-refractivity contribution is -0.0377. The first-order chi connectivity index (χ1) is 12.5. The molecule has 5 rings (SSSR count). The van der Waals surface area contributed by atoms with Crippen molar-refractivity contribution in [3.05, 3.63) is 58.1 Å². The Balaban J connectivity index is 1.85. The number of ketones is 1. The number of Topliss-reactive ketones (excluding diaryl/α,β-unsaturated/α-hetero) is 1. The average molecular weight is 352 g/mol. The summed E-state index contributed by atoms with van der Waals surface area (Å²) in [4.78, 5) is 12.5. The van der Waals surface area contributed by atoms with Gasteiger partial charge in [-0.1, -0.05) is 18.2 Å². The Morgan fingerprint density at radius 1 is 1.08 bits per heavy atom. The van der Waals surface area contributed by atoms with Gasteiger partial charge in [-0.25, -0.2) is 0 Å². The molecule has 2 aromatic rings.